The summed E-state index contributed by atoms with van der Waals surface area (Å²) in [6.07, 6.45) is 7.67. The van der Waals surface area contributed by atoms with Crippen LogP contribution in [0.15, 0.2) is 18.7 Å². The van der Waals surface area contributed by atoms with Gasteiger partial charge in [-0.05, 0) is 6.42 Å². The van der Waals surface area contributed by atoms with Gasteiger partial charge in [0.15, 0.2) is 0 Å². The Morgan fingerprint density at radius 1 is 1.77 bits per heavy atom. The van der Waals surface area contributed by atoms with Gasteiger partial charge in [-0.25, -0.2) is 9.13 Å². The van der Waals surface area contributed by atoms with Crippen LogP contribution in [0.4, 0.5) is 0 Å². The molecule has 70 valence electrons. The van der Waals surface area contributed by atoms with Crippen LogP contribution < -0.4 is 9.88 Å². The maximum absolute atomic E-state index is 10.9. The number of nitrogens with one attached hydrogen (secondary N) is 1. The Kier molecular flexibility index (Phi) is 2.04. The van der Waals surface area contributed by atoms with Crippen molar-refractivity contribution in [1.82, 2.24) is 9.88 Å². The van der Waals surface area contributed by atoms with Crippen LogP contribution >= 0.6 is 0 Å². The molecule has 1 atom stereocenters. The number of hydrogen-bond donors (Lipinski definition) is 1. The largest absolute Gasteiger partial charge is 0.349 e. The van der Waals surface area contributed by atoms with Crippen LogP contribution in [-0.2, 0) is 18.4 Å². The van der Waals surface area contributed by atoms with Crippen molar-refractivity contribution in [2.24, 2.45) is 7.05 Å². The fourth-order valence-corrected chi connectivity index (χ4v) is 1.68. The zero-order chi connectivity index (χ0) is 9.26. The van der Waals surface area contributed by atoms with E-state index in [1.54, 1.807) is 0 Å². The van der Waals surface area contributed by atoms with Crippen LogP contribution in [0.3, 0.4) is 0 Å². The molecule has 4 nitrogen and oxygen atoms in total. The highest BCUT2D eigenvalue weighted by molar-refractivity contribution is 5.78. The summed E-state index contributed by atoms with van der Waals surface area (Å²) < 4.78 is 4.09. The summed E-state index contributed by atoms with van der Waals surface area (Å²) in [5.74, 6) is 0.182. The Hall–Kier alpha value is -1.32. The Morgan fingerprint density at radius 3 is 3.15 bits per heavy atom. The van der Waals surface area contributed by atoms with Gasteiger partial charge in [-0.3, -0.25) is 4.79 Å². The predicted molar refractivity (Wildman–Crippen MR) is 46.8 cm³/mol. The van der Waals surface area contributed by atoms with E-state index in [-0.39, 0.29) is 5.91 Å². The molecule has 0 radical (unpaired) electrons. The highest BCUT2D eigenvalue weighted by Crippen LogP contribution is 2.07. The van der Waals surface area contributed by atoms with Gasteiger partial charge in [0.2, 0.25) is 12.2 Å². The van der Waals surface area contributed by atoms with E-state index in [0.29, 0.717) is 12.5 Å². The average molecular weight is 180 g/mol. The lowest BCUT2D eigenvalue weighted by molar-refractivity contribution is -0.671. The van der Waals surface area contributed by atoms with Crippen molar-refractivity contribution >= 4 is 5.91 Å². The van der Waals surface area contributed by atoms with Crippen molar-refractivity contribution in [3.63, 3.8) is 0 Å². The SMILES string of the molecule is C[n+]1ccn(C[C@@H]2CCC(=O)N2)c1. The molecule has 1 fully saturated rings. The number of aromatic nitrogens is 2. The molecule has 2 heterocycles. The monoisotopic (exact) mass is 180 g/mol. The smallest absolute Gasteiger partial charge is 0.243 e. The molecule has 1 aliphatic rings. The molecule has 4 heteroatoms. The number of hydrogen-bond acceptors (Lipinski definition) is 1. The second-order valence-electron chi connectivity index (χ2n) is 3.58. The number of rotatable bonds is 2. The quantitative estimate of drug-likeness (QED) is 0.617. The van der Waals surface area contributed by atoms with Gasteiger partial charge < -0.3 is 5.32 Å². The molecule has 0 aliphatic carbocycles. The molecule has 1 aromatic rings. The van der Waals surface area contributed by atoms with E-state index in [1.807, 2.05) is 30.3 Å². The van der Waals surface area contributed by atoms with Crippen LogP contribution in [0, 0.1) is 0 Å². The molecule has 0 spiro atoms. The van der Waals surface area contributed by atoms with E-state index >= 15 is 0 Å². The number of amides is 1. The molecule has 1 aromatic heterocycles. The molecular formula is C9H14N3O+. The first-order valence-electron chi connectivity index (χ1n) is 4.54. The zero-order valence-electron chi connectivity index (χ0n) is 7.73. The molecule has 0 unspecified atom stereocenters. The van der Waals surface area contributed by atoms with Crippen LogP contribution in [0.5, 0.6) is 0 Å². The lowest BCUT2D eigenvalue weighted by Gasteiger charge is -2.05. The summed E-state index contributed by atoms with van der Waals surface area (Å²) >= 11 is 0. The van der Waals surface area contributed by atoms with Crippen LogP contribution in [-0.4, -0.2) is 16.5 Å². The van der Waals surface area contributed by atoms with Gasteiger partial charge in [-0.15, -0.1) is 0 Å². The third-order valence-corrected chi connectivity index (χ3v) is 2.34. The van der Waals surface area contributed by atoms with Gasteiger partial charge in [0.05, 0.1) is 13.1 Å². The van der Waals surface area contributed by atoms with Crippen LogP contribution in [0.2, 0.25) is 0 Å². The first kappa shape index (κ1) is 8.29. The minimum Gasteiger partial charge on any atom is -0.349 e. The van der Waals surface area contributed by atoms with Gasteiger partial charge >= 0.3 is 0 Å². The maximum Gasteiger partial charge on any atom is 0.243 e. The average Bonchev–Trinajstić information content (AvgIpc) is 2.62. The standard InChI is InChI=1S/C9H13N3O/c1-11-4-5-12(7-11)6-8-2-3-9(13)10-8/h4-5,7-8H,2-3,6H2,1H3/p+1/t8-/m0/s1. The van der Waals surface area contributed by atoms with Gasteiger partial charge in [-0.1, -0.05) is 0 Å². The zero-order valence-corrected chi connectivity index (χ0v) is 7.73. The number of carbonyl (C=O) groups excluding carboxylic acids is 1. The van der Waals surface area contributed by atoms with Crippen molar-refractivity contribution in [3.8, 4) is 0 Å². The lowest BCUT2D eigenvalue weighted by Crippen LogP contribution is -2.30. The van der Waals surface area contributed by atoms with Crippen LogP contribution in [0.1, 0.15) is 12.8 Å². The minimum absolute atomic E-state index is 0.182. The predicted octanol–water partition coefficient (Wildman–Crippen LogP) is -0.409. The summed E-state index contributed by atoms with van der Waals surface area (Å²) in [7, 11) is 1.99. The molecule has 1 amide bonds. The molecule has 0 aromatic carbocycles. The molecule has 0 bridgehead atoms. The normalized spacial score (nSPS) is 21.9. The van der Waals surface area contributed by atoms with E-state index in [4.69, 9.17) is 0 Å². The highest BCUT2D eigenvalue weighted by atomic mass is 16.1. The first-order valence-corrected chi connectivity index (χ1v) is 4.54. The molecular weight excluding hydrogens is 166 g/mol. The van der Waals surface area contributed by atoms with Crippen molar-refractivity contribution < 1.29 is 9.36 Å². The third-order valence-electron chi connectivity index (χ3n) is 2.34. The summed E-state index contributed by atoms with van der Waals surface area (Å²) in [6.45, 7) is 0.882. The second-order valence-corrected chi connectivity index (χ2v) is 3.58. The van der Waals surface area contributed by atoms with E-state index in [1.165, 1.54) is 0 Å². The van der Waals surface area contributed by atoms with Crippen molar-refractivity contribution in [3.05, 3.63) is 18.7 Å². The first-order chi connectivity index (χ1) is 6.24. The number of imidazole rings is 1. The van der Waals surface area contributed by atoms with E-state index in [2.05, 4.69) is 9.88 Å². The number of carbonyl (C=O) groups is 1. The van der Waals surface area contributed by atoms with Gasteiger partial charge in [0.1, 0.15) is 18.9 Å². The molecule has 0 saturated carbocycles. The van der Waals surface area contributed by atoms with Crippen molar-refractivity contribution in [2.75, 3.05) is 0 Å². The topological polar surface area (TPSA) is 37.9 Å². The Bertz CT molecular complexity index is 318. The lowest BCUT2D eigenvalue weighted by atomic mass is 10.2. The highest BCUT2D eigenvalue weighted by Gasteiger charge is 2.22. The molecule has 2 rings (SSSR count). The number of nitrogens with zero attached hydrogens (tertiary/aromatic N) is 2. The van der Waals surface area contributed by atoms with Crippen molar-refractivity contribution in [2.45, 2.75) is 25.4 Å². The van der Waals surface area contributed by atoms with Gasteiger partial charge in [0, 0.05) is 6.42 Å². The third kappa shape index (κ3) is 1.88. The summed E-state index contributed by atoms with van der Waals surface area (Å²) in [4.78, 5) is 10.9. The summed E-state index contributed by atoms with van der Waals surface area (Å²) in [6, 6.07) is 0.319. The van der Waals surface area contributed by atoms with Gasteiger partial charge in [-0.2, -0.15) is 0 Å². The Balaban J connectivity index is 1.95. The van der Waals surface area contributed by atoms with E-state index < -0.39 is 0 Å². The van der Waals surface area contributed by atoms with Gasteiger partial charge in [0.25, 0.3) is 0 Å². The fraction of sp³-hybridized carbons (Fsp3) is 0.556. The van der Waals surface area contributed by atoms with E-state index in [0.717, 1.165) is 13.0 Å². The van der Waals surface area contributed by atoms with Crippen LogP contribution in [0.25, 0.3) is 0 Å². The van der Waals surface area contributed by atoms with Crippen molar-refractivity contribution in [1.29, 1.82) is 0 Å². The summed E-state index contributed by atoms with van der Waals surface area (Å²) in [5.41, 5.74) is 0. The molecule has 1 saturated heterocycles. The molecule has 1 N–H and O–H groups in total. The number of aryl methyl sites for hydroxylation is 1. The van der Waals surface area contributed by atoms with E-state index in [9.17, 15) is 4.79 Å². The fourth-order valence-electron chi connectivity index (χ4n) is 1.68. The Labute approximate surface area is 77.2 Å². The minimum atomic E-state index is 0.182. The second kappa shape index (κ2) is 3.20. The summed E-state index contributed by atoms with van der Waals surface area (Å²) in [5, 5.41) is 2.94. The molecule has 13 heavy (non-hydrogen) atoms. The maximum atomic E-state index is 10.9. The Morgan fingerprint density at radius 2 is 2.62 bits per heavy atom. The molecule has 1 aliphatic heterocycles.